The van der Waals surface area contributed by atoms with Crippen molar-refractivity contribution in [3.05, 3.63) is 45.6 Å². The average Bonchev–Trinajstić information content (AvgIpc) is 2.95. The Balaban J connectivity index is 0.000000837. The number of aromatic hydroxyl groups is 1. The number of carbonyl (C=O) groups is 1. The van der Waals surface area contributed by atoms with Crippen molar-refractivity contribution in [1.82, 2.24) is 5.32 Å². The summed E-state index contributed by atoms with van der Waals surface area (Å²) >= 11 is 7.39. The predicted molar refractivity (Wildman–Crippen MR) is 146 cm³/mol. The van der Waals surface area contributed by atoms with Crippen LogP contribution in [0.4, 0.5) is 0 Å². The van der Waals surface area contributed by atoms with Gasteiger partial charge in [-0.25, -0.2) is 0 Å². The standard InChI is InChI=1S/C21H23NO6.3HI.V/c1-11(23)22-15-7-5-12-9-17(25)20(27-3)21(28-4)19(12)13-6-8-18(26-2)16(24)10-14(13)15;;;;/h6,8-10,15,25H,5,7H2,1-4H3,(H,22,23);3*1H;/q;;;;+3/p-3. The average molecular weight is 817 g/mol. The third kappa shape index (κ3) is 6.79. The number of amides is 1. The van der Waals surface area contributed by atoms with Gasteiger partial charge >= 0.3 is 64.9 Å². The number of methoxy groups -OCH3 is 3. The van der Waals surface area contributed by atoms with Crippen LogP contribution in [0.3, 0.4) is 0 Å². The maximum absolute atomic E-state index is 12.6. The van der Waals surface area contributed by atoms with Gasteiger partial charge < -0.3 is 24.6 Å². The van der Waals surface area contributed by atoms with E-state index in [9.17, 15) is 14.7 Å². The molecule has 2 aromatic rings. The molecule has 32 heavy (non-hydrogen) atoms. The molecule has 1 unspecified atom stereocenters. The molecule has 0 saturated carbocycles. The van der Waals surface area contributed by atoms with Gasteiger partial charge in [0.05, 0.1) is 27.4 Å². The molecular formula is C21H23I3NO6V. The Morgan fingerprint density at radius 2 is 1.72 bits per heavy atom. The second kappa shape index (κ2) is 12.9. The fourth-order valence-corrected chi connectivity index (χ4v) is 3.73. The molecule has 0 aromatic heterocycles. The first kappa shape index (κ1) is 27.8. The van der Waals surface area contributed by atoms with Crippen LogP contribution in [0, 0.1) is 0 Å². The molecule has 3 rings (SSSR count). The van der Waals surface area contributed by atoms with Crippen LogP contribution < -0.4 is 25.0 Å². The topological polar surface area (TPSA) is 94.1 Å². The van der Waals surface area contributed by atoms with Gasteiger partial charge in [0.1, 0.15) is 0 Å². The molecule has 11 heteroatoms. The fraction of sp³-hybridized carbons (Fsp3) is 0.333. The number of phenols is 1. The van der Waals surface area contributed by atoms with Crippen molar-refractivity contribution in [2.75, 3.05) is 21.3 Å². The van der Waals surface area contributed by atoms with Crippen molar-refractivity contribution in [3.63, 3.8) is 0 Å². The number of ether oxygens (including phenoxy) is 3. The quantitative estimate of drug-likeness (QED) is 0.412. The van der Waals surface area contributed by atoms with Crippen molar-refractivity contribution in [1.29, 1.82) is 0 Å². The predicted octanol–water partition coefficient (Wildman–Crippen LogP) is 5.22. The van der Waals surface area contributed by atoms with E-state index in [1.807, 2.05) is 0 Å². The minimum absolute atomic E-state index is 0.0278. The van der Waals surface area contributed by atoms with Gasteiger partial charge in [-0.15, -0.1) is 0 Å². The Morgan fingerprint density at radius 3 is 2.25 bits per heavy atom. The number of rotatable bonds is 4. The zero-order chi connectivity index (χ0) is 24.0. The van der Waals surface area contributed by atoms with Gasteiger partial charge in [-0.1, -0.05) is 6.07 Å². The van der Waals surface area contributed by atoms with Crippen molar-refractivity contribution in [3.8, 4) is 34.1 Å². The number of fused-ring (bicyclic) bond motifs is 3. The van der Waals surface area contributed by atoms with Gasteiger partial charge in [0.25, 0.3) is 0 Å². The van der Waals surface area contributed by atoms with Crippen molar-refractivity contribution in [2.24, 2.45) is 0 Å². The normalized spacial score (nSPS) is 14.2. The number of halogens is 3. The summed E-state index contributed by atoms with van der Waals surface area (Å²) in [6, 6.07) is 6.12. The fourth-order valence-electron chi connectivity index (χ4n) is 3.73. The first-order valence-electron chi connectivity index (χ1n) is 9.38. The Morgan fingerprint density at radius 1 is 1.09 bits per heavy atom. The monoisotopic (exact) mass is 817 g/mol. The summed E-state index contributed by atoms with van der Waals surface area (Å²) in [7, 11) is 4.38. The third-order valence-electron chi connectivity index (χ3n) is 4.89. The van der Waals surface area contributed by atoms with Gasteiger partial charge in [-0.3, -0.25) is 9.59 Å². The molecule has 0 aliphatic heterocycles. The molecule has 0 radical (unpaired) electrons. The van der Waals surface area contributed by atoms with E-state index in [1.165, 1.54) is 34.3 Å². The summed E-state index contributed by atoms with van der Waals surface area (Å²) in [5, 5.41) is 13.3. The van der Waals surface area contributed by atoms with Gasteiger partial charge in [0, 0.05) is 12.5 Å². The van der Waals surface area contributed by atoms with Crippen LogP contribution in [0.5, 0.6) is 23.0 Å². The molecule has 2 N–H and O–H groups in total. The summed E-state index contributed by atoms with van der Waals surface area (Å²) in [5.74, 6) is 0.562. The molecule has 1 atom stereocenters. The van der Waals surface area contributed by atoms with E-state index in [2.05, 4.69) is 65.3 Å². The van der Waals surface area contributed by atoms with E-state index in [1.54, 1.807) is 18.2 Å². The van der Waals surface area contributed by atoms with Gasteiger partial charge in [-0.05, 0) is 47.7 Å². The second-order valence-corrected chi connectivity index (χ2v) is 42.1. The molecule has 0 saturated heterocycles. The molecule has 1 amide bonds. The third-order valence-corrected chi connectivity index (χ3v) is 4.89. The Kier molecular flexibility index (Phi) is 11.2. The van der Waals surface area contributed by atoms with Crippen molar-refractivity contribution >= 4 is 65.8 Å². The van der Waals surface area contributed by atoms with E-state index in [0.29, 0.717) is 29.7 Å². The van der Waals surface area contributed by atoms with Crippen LogP contribution in [0.25, 0.3) is 11.1 Å². The zero-order valence-electron chi connectivity index (χ0n) is 17.9. The zero-order valence-corrected chi connectivity index (χ0v) is 25.7. The number of hydrogen-bond donors (Lipinski definition) is 2. The van der Waals surface area contributed by atoms with Gasteiger partial charge in [0.15, 0.2) is 17.2 Å². The number of hydrogen-bond acceptors (Lipinski definition) is 6. The van der Waals surface area contributed by atoms with Crippen LogP contribution in [0.15, 0.2) is 29.1 Å². The molecule has 1 aliphatic carbocycles. The van der Waals surface area contributed by atoms with Crippen LogP contribution >= 0.6 is 59.9 Å². The van der Waals surface area contributed by atoms with E-state index in [-0.39, 0.29) is 39.5 Å². The van der Waals surface area contributed by atoms with Crippen LogP contribution in [-0.4, -0.2) is 32.3 Å². The van der Waals surface area contributed by atoms with E-state index in [4.69, 9.17) is 14.2 Å². The summed E-state index contributed by atoms with van der Waals surface area (Å²) in [6.45, 7) is 1.44. The molecule has 174 valence electrons. The number of benzene rings is 1. The summed E-state index contributed by atoms with van der Waals surface area (Å²) in [5.41, 5.74) is 2.64. The maximum atomic E-state index is 12.6. The Hall–Kier alpha value is -0.446. The molecule has 0 spiro atoms. The Labute approximate surface area is 224 Å². The van der Waals surface area contributed by atoms with E-state index >= 15 is 0 Å². The van der Waals surface area contributed by atoms with Crippen molar-refractivity contribution in [2.45, 2.75) is 25.8 Å². The van der Waals surface area contributed by atoms with E-state index < -0.39 is 0 Å². The molecule has 7 nitrogen and oxygen atoms in total. The number of phenolic OH excluding ortho intramolecular Hbond substituents is 1. The molecule has 0 heterocycles. The number of aryl methyl sites for hydroxylation is 1. The van der Waals surface area contributed by atoms with Crippen LogP contribution in [0.2, 0.25) is 0 Å². The molecule has 2 aromatic carbocycles. The molecule has 0 fully saturated rings. The second-order valence-electron chi connectivity index (χ2n) is 6.76. The molecule has 1 aliphatic rings. The number of nitrogens with one attached hydrogen (secondary N) is 1. The first-order valence-corrected chi connectivity index (χ1v) is 22.9. The molecule has 0 bridgehead atoms. The number of carbonyl (C=O) groups excluding carboxylic acids is 1. The summed E-state index contributed by atoms with van der Waals surface area (Å²) in [6.07, 6.45) is 1.12. The SMILES string of the molecule is COc1c(O)cc2c(c1OC)-c1ccc(OC)c(=O)cc1C(NC(C)=O)CC2.[I][V]([I])[I]. The van der Waals surface area contributed by atoms with Gasteiger partial charge in [-0.2, -0.15) is 0 Å². The van der Waals surface area contributed by atoms with Crippen molar-refractivity contribution < 1.29 is 29.0 Å². The molecular weight excluding hydrogens is 794 g/mol. The van der Waals surface area contributed by atoms with Gasteiger partial charge in [0.2, 0.25) is 17.1 Å². The summed E-state index contributed by atoms with van der Waals surface area (Å²) < 4.78 is 16.1. The first-order chi connectivity index (χ1) is 15.1. The minimum atomic E-state index is -0.373. The summed E-state index contributed by atoms with van der Waals surface area (Å²) in [4.78, 5) is 24.1. The van der Waals surface area contributed by atoms with Crippen LogP contribution in [0.1, 0.15) is 30.5 Å². The van der Waals surface area contributed by atoms with Crippen LogP contribution in [-0.2, 0) is 16.1 Å². The Bertz CT molecular complexity index is 1050. The van der Waals surface area contributed by atoms with E-state index in [0.717, 1.165) is 11.1 Å².